The number of halogens is 2. The minimum Gasteiger partial charge on any atom is -0.459 e. The molecule has 1 heterocycles. The highest BCUT2D eigenvalue weighted by Crippen LogP contribution is 2.62. The molecule has 0 unspecified atom stereocenters. The second kappa shape index (κ2) is 30.1. The van der Waals surface area contributed by atoms with Crippen molar-refractivity contribution in [2.45, 2.75) is 147 Å². The van der Waals surface area contributed by atoms with Gasteiger partial charge in [0.2, 0.25) is 5.79 Å². The molecule has 0 aromatic heterocycles. The van der Waals surface area contributed by atoms with Crippen molar-refractivity contribution < 1.29 is 52.9 Å². The lowest BCUT2D eigenvalue weighted by molar-refractivity contribution is -0.384. The molecule has 404 valence electrons. The van der Waals surface area contributed by atoms with E-state index in [2.05, 4.69) is 24.9 Å². The molecule has 0 spiro atoms. The van der Waals surface area contributed by atoms with E-state index >= 15 is 0 Å². The number of allylic oxidation sites excluding steroid dienone is 1. The number of nitrogens with zero attached hydrogens (tertiary/aromatic N) is 3. The highest BCUT2D eigenvalue weighted by Gasteiger charge is 2.65. The van der Waals surface area contributed by atoms with Crippen LogP contribution in [0.15, 0.2) is 96.2 Å². The fraction of sp³-hybridized carbons (Fsp3) is 0.561. The predicted octanol–water partition coefficient (Wildman–Crippen LogP) is 12.5. The number of hydrogen-bond acceptors (Lipinski definition) is 12. The number of oxime groups is 1. The maximum Gasteiger partial charge on any atom is 0.412 e. The van der Waals surface area contributed by atoms with Crippen molar-refractivity contribution in [2.24, 2.45) is 22.9 Å². The maximum atomic E-state index is 14.6. The number of hydrogen-bond donors (Lipinski definition) is 3. The van der Waals surface area contributed by atoms with Crippen molar-refractivity contribution >= 4 is 35.2 Å². The number of benzene rings is 3. The molecule has 3 aromatic carbocycles. The number of unbranched alkanes of at least 4 members (excludes halogenated alkanes) is 11. The molecule has 17 heteroatoms. The first-order valence-corrected chi connectivity index (χ1v) is 27.2. The van der Waals surface area contributed by atoms with Gasteiger partial charge in [0.25, 0.3) is 5.69 Å². The third-order valence-corrected chi connectivity index (χ3v) is 14.5. The van der Waals surface area contributed by atoms with Crippen molar-refractivity contribution in [3.05, 3.63) is 124 Å². The van der Waals surface area contributed by atoms with Crippen LogP contribution in [0, 0.1) is 33.7 Å². The van der Waals surface area contributed by atoms with Crippen LogP contribution in [0.3, 0.4) is 0 Å². The Morgan fingerprint density at radius 1 is 0.932 bits per heavy atom. The number of fused-ring (bicyclic) bond motifs is 2. The molecule has 3 aromatic rings. The van der Waals surface area contributed by atoms with E-state index in [0.29, 0.717) is 73.4 Å². The summed E-state index contributed by atoms with van der Waals surface area (Å²) >= 11 is 6.10. The van der Waals surface area contributed by atoms with Crippen LogP contribution in [0.25, 0.3) is 0 Å². The zero-order chi connectivity index (χ0) is 52.7. The average Bonchev–Trinajstić information content (AvgIpc) is 3.40. The van der Waals surface area contributed by atoms with E-state index in [0.717, 1.165) is 30.4 Å². The van der Waals surface area contributed by atoms with Crippen LogP contribution in [-0.4, -0.2) is 88.6 Å². The second-order valence-electron chi connectivity index (χ2n) is 19.5. The maximum absolute atomic E-state index is 14.6. The minimum atomic E-state index is -1.66. The largest absolute Gasteiger partial charge is 0.459 e. The molecular weight excluding hydrogens is 971 g/mol. The fourth-order valence-corrected chi connectivity index (χ4v) is 10.9. The molecule has 6 atom stereocenters. The van der Waals surface area contributed by atoms with E-state index in [1.807, 2.05) is 6.07 Å². The SMILES string of the molecule is C=CCO[C@@]12Oc3ccc(OC(=O)NCCCCCCCCCCCC)cc3[C@H]3[C@H](CCCCO)[C@@H](CCCCO)C=C(C(=NOCc4ccc([N+](=O)[O-])cc4)C[C@@H]1N(Cc1ccc(F)cc1)C(=O)OCCCl)[C@H]32. The molecule has 15 nitrogen and oxygen atoms in total. The lowest BCUT2D eigenvalue weighted by Gasteiger charge is -2.59. The summed E-state index contributed by atoms with van der Waals surface area (Å²) in [7, 11) is 0. The van der Waals surface area contributed by atoms with Crippen LogP contribution < -0.4 is 14.8 Å². The van der Waals surface area contributed by atoms with Gasteiger partial charge in [-0.1, -0.05) is 107 Å². The Morgan fingerprint density at radius 2 is 1.61 bits per heavy atom. The Balaban J connectivity index is 1.43. The Bertz CT molecular complexity index is 2320. The number of alkyl halides is 1. The second-order valence-corrected chi connectivity index (χ2v) is 19.9. The molecule has 1 aliphatic heterocycles. The van der Waals surface area contributed by atoms with Gasteiger partial charge in [0.1, 0.15) is 36.6 Å². The zero-order valence-electron chi connectivity index (χ0n) is 42.9. The third kappa shape index (κ3) is 15.7. The number of rotatable bonds is 32. The van der Waals surface area contributed by atoms with E-state index < -0.39 is 46.6 Å². The first-order valence-electron chi connectivity index (χ1n) is 26.7. The number of nitro groups is 1. The molecule has 0 bridgehead atoms. The van der Waals surface area contributed by atoms with Gasteiger partial charge in [0, 0.05) is 56.3 Å². The van der Waals surface area contributed by atoms with E-state index in [9.17, 15) is 34.3 Å². The third-order valence-electron chi connectivity index (χ3n) is 14.4. The predicted molar refractivity (Wildman–Crippen MR) is 283 cm³/mol. The normalized spacial score (nSPS) is 21.1. The molecule has 3 aliphatic rings. The van der Waals surface area contributed by atoms with Crippen molar-refractivity contribution in [1.82, 2.24) is 10.2 Å². The molecule has 2 aliphatic carbocycles. The summed E-state index contributed by atoms with van der Waals surface area (Å²) in [5.74, 6) is -2.68. The molecule has 2 amide bonds. The molecule has 1 saturated carbocycles. The zero-order valence-corrected chi connectivity index (χ0v) is 43.7. The van der Waals surface area contributed by atoms with Gasteiger partial charge in [-0.3, -0.25) is 15.0 Å². The van der Waals surface area contributed by atoms with E-state index in [1.54, 1.807) is 42.5 Å². The summed E-state index contributed by atoms with van der Waals surface area (Å²) in [6.07, 6.45) is 18.2. The summed E-state index contributed by atoms with van der Waals surface area (Å²) in [6, 6.07) is 16.1. The standard InChI is InChI=1S/C57H76ClFN4O11/c1-3-5-6-7-8-9-10-11-12-15-31-60-55(66)73-46-28-29-51-49(37-46)53-47(19-14-17-33-65)43(18-13-16-32-64)36-48-50(61-72-40-42-22-26-45(27-23-42)63(68)69)38-52(57(74-51,54(48)53)71-34-4-2)62(56(67)70-35-30-58)39-41-20-24-44(59)25-21-41/h4,20-29,36-37,43,47,52-54,64-65H,2-3,5-19,30-35,38-40H2,1H3,(H,60,66)/t43-,47+,52-,53+,54+,57+/m0/s1. The number of aliphatic hydroxyl groups is 2. The Hall–Kier alpha value is -5.55. The number of ether oxygens (including phenoxy) is 4. The van der Waals surface area contributed by atoms with Crippen LogP contribution in [0.5, 0.6) is 11.5 Å². The number of nitrogens with one attached hydrogen (secondary N) is 1. The number of carbonyl (C=O) groups excluding carboxylic acids is 2. The quantitative estimate of drug-likeness (QED) is 0.0177. The summed E-state index contributed by atoms with van der Waals surface area (Å²) in [5.41, 5.74) is 3.16. The molecule has 6 rings (SSSR count). The van der Waals surface area contributed by atoms with Gasteiger partial charge in [-0.25, -0.2) is 14.0 Å². The molecule has 1 fully saturated rings. The van der Waals surface area contributed by atoms with Gasteiger partial charge in [-0.15, -0.1) is 18.2 Å². The Kier molecular flexibility index (Phi) is 23.5. The smallest absolute Gasteiger partial charge is 0.412 e. The Morgan fingerprint density at radius 3 is 2.27 bits per heavy atom. The number of amides is 2. The molecule has 0 radical (unpaired) electrons. The molecule has 3 N–H and O–H groups in total. The summed E-state index contributed by atoms with van der Waals surface area (Å²) in [5, 5.41) is 39.2. The highest BCUT2D eigenvalue weighted by atomic mass is 35.5. The number of carbonyl (C=O) groups is 2. The summed E-state index contributed by atoms with van der Waals surface area (Å²) < 4.78 is 40.5. The van der Waals surface area contributed by atoms with E-state index in [-0.39, 0.29) is 69.4 Å². The van der Waals surface area contributed by atoms with Crippen molar-refractivity contribution in [1.29, 1.82) is 0 Å². The van der Waals surface area contributed by atoms with E-state index in [4.69, 9.17) is 40.5 Å². The van der Waals surface area contributed by atoms with Crippen molar-refractivity contribution in [3.63, 3.8) is 0 Å². The minimum absolute atomic E-state index is 0.00207. The van der Waals surface area contributed by atoms with Gasteiger partial charge < -0.3 is 39.3 Å². The molecule has 0 saturated heterocycles. The van der Waals surface area contributed by atoms with Crippen LogP contribution in [0.1, 0.15) is 139 Å². The number of aliphatic hydroxyl groups excluding tert-OH is 2. The monoisotopic (exact) mass is 1050 g/mol. The average molecular weight is 1050 g/mol. The first-order chi connectivity index (χ1) is 36.1. The molecular formula is C57H76ClFN4O11. The first kappa shape index (κ1) is 57.7. The summed E-state index contributed by atoms with van der Waals surface area (Å²) in [4.78, 5) is 46.7. The molecule has 74 heavy (non-hydrogen) atoms. The highest BCUT2D eigenvalue weighted by molar-refractivity contribution is 6.18. The van der Waals surface area contributed by atoms with E-state index in [1.165, 1.54) is 74.1 Å². The lowest BCUT2D eigenvalue weighted by atomic mass is 9.55. The summed E-state index contributed by atoms with van der Waals surface area (Å²) in [6.45, 7) is 6.54. The van der Waals surface area contributed by atoms with Crippen LogP contribution >= 0.6 is 11.6 Å². The van der Waals surface area contributed by atoms with Crippen LogP contribution in [-0.2, 0) is 27.5 Å². The lowest BCUT2D eigenvalue weighted by Crippen LogP contribution is -2.70. The van der Waals surface area contributed by atoms with Gasteiger partial charge in [0.05, 0.1) is 29.0 Å². The van der Waals surface area contributed by atoms with Crippen molar-refractivity contribution in [2.75, 3.05) is 38.9 Å². The van der Waals surface area contributed by atoms with Gasteiger partial charge in [-0.05, 0) is 103 Å². The van der Waals surface area contributed by atoms with Gasteiger partial charge >= 0.3 is 12.2 Å². The number of non-ortho nitro benzene ring substituents is 1. The van der Waals surface area contributed by atoms with Crippen LogP contribution in [0.4, 0.5) is 19.7 Å². The van der Waals surface area contributed by atoms with Crippen molar-refractivity contribution in [3.8, 4) is 11.5 Å². The van der Waals surface area contributed by atoms with Gasteiger partial charge in [-0.2, -0.15) is 0 Å². The Labute approximate surface area is 440 Å². The fourth-order valence-electron chi connectivity index (χ4n) is 10.9. The van der Waals surface area contributed by atoms with Crippen LogP contribution in [0.2, 0.25) is 0 Å². The topological polar surface area (TPSA) is 192 Å². The van der Waals surface area contributed by atoms with Gasteiger partial charge in [0.15, 0.2) is 0 Å². The number of nitro benzene ring substituents is 1.